The number of carbonyl (C=O) groups is 1. The fraction of sp³-hybridized carbons (Fsp3) is 0.412. The summed E-state index contributed by atoms with van der Waals surface area (Å²) in [5.41, 5.74) is 0.482. The lowest BCUT2D eigenvalue weighted by atomic mass is 10.2. The van der Waals surface area contributed by atoms with Gasteiger partial charge in [0.2, 0.25) is 15.7 Å². The first-order chi connectivity index (χ1) is 13.4. The van der Waals surface area contributed by atoms with Crippen molar-refractivity contribution in [2.24, 2.45) is 0 Å². The number of anilines is 2. The number of nitrogens with one attached hydrogen (secondary N) is 1. The summed E-state index contributed by atoms with van der Waals surface area (Å²) in [6.07, 6.45) is 0. The maximum Gasteiger partial charge on any atom is 0.338 e. The van der Waals surface area contributed by atoms with Gasteiger partial charge in [-0.05, 0) is 12.1 Å². The molecule has 0 aliphatic carbocycles. The van der Waals surface area contributed by atoms with Gasteiger partial charge in [0.05, 0.1) is 25.3 Å². The second-order valence-electron chi connectivity index (χ2n) is 5.81. The SMILES string of the molecule is O=C(OCCNc1nc(N2CCOCC2)nc(C(Cl)(Cl)Cl)n1)c1ccccc1. The van der Waals surface area contributed by atoms with Crippen LogP contribution in [0, 0.1) is 0 Å². The molecule has 11 heteroatoms. The highest BCUT2D eigenvalue weighted by molar-refractivity contribution is 6.66. The van der Waals surface area contributed by atoms with Crippen LogP contribution in [0.25, 0.3) is 0 Å². The Hall–Kier alpha value is -1.87. The predicted molar refractivity (Wildman–Crippen MR) is 107 cm³/mol. The van der Waals surface area contributed by atoms with Crippen molar-refractivity contribution in [1.29, 1.82) is 0 Å². The van der Waals surface area contributed by atoms with Gasteiger partial charge in [0, 0.05) is 13.1 Å². The number of hydrogen-bond donors (Lipinski definition) is 1. The molecule has 1 aliphatic heterocycles. The molecule has 1 aliphatic rings. The number of rotatable bonds is 6. The Kier molecular flexibility index (Phi) is 7.12. The van der Waals surface area contributed by atoms with Crippen LogP contribution in [0.15, 0.2) is 30.3 Å². The number of benzene rings is 1. The monoisotopic (exact) mass is 445 g/mol. The summed E-state index contributed by atoms with van der Waals surface area (Å²) in [6, 6.07) is 8.73. The number of halogens is 3. The van der Waals surface area contributed by atoms with Crippen molar-refractivity contribution in [3.8, 4) is 0 Å². The molecule has 2 heterocycles. The Balaban J connectivity index is 1.63. The maximum absolute atomic E-state index is 11.9. The minimum absolute atomic E-state index is 0.0118. The van der Waals surface area contributed by atoms with Crippen LogP contribution in [0.1, 0.15) is 16.2 Å². The molecule has 0 amide bonds. The smallest absolute Gasteiger partial charge is 0.338 e. The second kappa shape index (κ2) is 9.56. The molecule has 1 N–H and O–H groups in total. The topological polar surface area (TPSA) is 89.5 Å². The molecule has 8 nitrogen and oxygen atoms in total. The van der Waals surface area contributed by atoms with Crippen LogP contribution in [0.5, 0.6) is 0 Å². The molecular weight excluding hydrogens is 429 g/mol. The van der Waals surface area contributed by atoms with Crippen LogP contribution >= 0.6 is 34.8 Å². The Labute approximate surface area is 177 Å². The molecule has 0 atom stereocenters. The zero-order valence-corrected chi connectivity index (χ0v) is 17.0. The van der Waals surface area contributed by atoms with E-state index in [0.717, 1.165) is 0 Å². The number of nitrogens with zero attached hydrogens (tertiary/aromatic N) is 4. The average Bonchev–Trinajstić information content (AvgIpc) is 2.71. The van der Waals surface area contributed by atoms with E-state index in [2.05, 4.69) is 20.3 Å². The number of carbonyl (C=O) groups excluding carboxylic acids is 1. The van der Waals surface area contributed by atoms with Crippen molar-refractivity contribution in [1.82, 2.24) is 15.0 Å². The van der Waals surface area contributed by atoms with E-state index < -0.39 is 9.76 Å². The van der Waals surface area contributed by atoms with E-state index in [1.807, 2.05) is 11.0 Å². The molecule has 28 heavy (non-hydrogen) atoms. The van der Waals surface area contributed by atoms with Gasteiger partial charge in [-0.2, -0.15) is 15.0 Å². The van der Waals surface area contributed by atoms with Gasteiger partial charge >= 0.3 is 5.97 Å². The van der Waals surface area contributed by atoms with Crippen LogP contribution in [0.2, 0.25) is 0 Å². The number of esters is 1. The summed E-state index contributed by atoms with van der Waals surface area (Å²) in [5.74, 6) is 0.226. The van der Waals surface area contributed by atoms with E-state index in [4.69, 9.17) is 44.3 Å². The summed E-state index contributed by atoms with van der Waals surface area (Å²) in [7, 11) is 0. The lowest BCUT2D eigenvalue weighted by Gasteiger charge is -2.27. The highest BCUT2D eigenvalue weighted by atomic mass is 35.6. The molecule has 150 valence electrons. The molecule has 0 unspecified atom stereocenters. The normalized spacial score (nSPS) is 14.6. The van der Waals surface area contributed by atoms with Crippen LogP contribution in [-0.4, -0.2) is 60.4 Å². The first-order valence-electron chi connectivity index (χ1n) is 8.55. The average molecular weight is 447 g/mol. The lowest BCUT2D eigenvalue weighted by Crippen LogP contribution is -2.38. The van der Waals surface area contributed by atoms with Crippen LogP contribution in [0.4, 0.5) is 11.9 Å². The molecule has 2 aromatic rings. The zero-order chi connectivity index (χ0) is 20.0. The van der Waals surface area contributed by atoms with Crippen LogP contribution in [0.3, 0.4) is 0 Å². The predicted octanol–water partition coefficient (Wildman–Crippen LogP) is 2.80. The number of aromatic nitrogens is 3. The summed E-state index contributed by atoms with van der Waals surface area (Å²) >= 11 is 17.8. The standard InChI is InChI=1S/C17H18Cl3N5O3/c18-17(19,20)14-22-15(24-16(23-14)25-7-10-27-11-8-25)21-6-9-28-13(26)12-4-2-1-3-5-12/h1-5H,6-11H2,(H,21,22,23,24). The molecule has 1 saturated heterocycles. The number of ether oxygens (including phenoxy) is 2. The van der Waals surface area contributed by atoms with E-state index in [0.29, 0.717) is 37.8 Å². The van der Waals surface area contributed by atoms with E-state index in [1.54, 1.807) is 24.3 Å². The second-order valence-corrected chi connectivity index (χ2v) is 8.09. The van der Waals surface area contributed by atoms with Gasteiger partial charge in [-0.25, -0.2) is 4.79 Å². The van der Waals surface area contributed by atoms with E-state index in [9.17, 15) is 4.79 Å². The largest absolute Gasteiger partial charge is 0.460 e. The van der Waals surface area contributed by atoms with Crippen molar-refractivity contribution in [2.75, 3.05) is 49.7 Å². The quantitative estimate of drug-likeness (QED) is 0.412. The van der Waals surface area contributed by atoms with Gasteiger partial charge in [-0.1, -0.05) is 53.0 Å². The molecule has 1 aromatic carbocycles. The molecular formula is C17H18Cl3N5O3. The van der Waals surface area contributed by atoms with E-state index >= 15 is 0 Å². The molecule has 1 aromatic heterocycles. The number of morpholine rings is 1. The first-order valence-corrected chi connectivity index (χ1v) is 9.69. The third-order valence-corrected chi connectivity index (χ3v) is 4.31. The minimum atomic E-state index is -1.79. The zero-order valence-electron chi connectivity index (χ0n) is 14.8. The summed E-state index contributed by atoms with van der Waals surface area (Å²) in [4.78, 5) is 26.6. The van der Waals surface area contributed by atoms with Crippen LogP contribution < -0.4 is 10.2 Å². The molecule has 0 saturated carbocycles. The first kappa shape index (κ1) is 20.9. The van der Waals surface area contributed by atoms with E-state index in [-0.39, 0.29) is 24.9 Å². The Morgan fingerprint density at radius 1 is 1.14 bits per heavy atom. The van der Waals surface area contributed by atoms with Gasteiger partial charge in [0.1, 0.15) is 6.61 Å². The van der Waals surface area contributed by atoms with Gasteiger partial charge in [0.25, 0.3) is 0 Å². The van der Waals surface area contributed by atoms with Crippen LogP contribution in [-0.2, 0) is 13.3 Å². The molecule has 0 bridgehead atoms. The van der Waals surface area contributed by atoms with Gasteiger partial charge < -0.3 is 19.7 Å². The number of alkyl halides is 3. The van der Waals surface area contributed by atoms with Crippen molar-refractivity contribution in [2.45, 2.75) is 3.79 Å². The number of hydrogen-bond acceptors (Lipinski definition) is 8. The Morgan fingerprint density at radius 3 is 2.54 bits per heavy atom. The van der Waals surface area contributed by atoms with Gasteiger partial charge in [-0.3, -0.25) is 0 Å². The third kappa shape index (κ3) is 5.81. The minimum Gasteiger partial charge on any atom is -0.460 e. The summed E-state index contributed by atoms with van der Waals surface area (Å²) < 4.78 is 8.76. The van der Waals surface area contributed by atoms with Crippen molar-refractivity contribution in [3.05, 3.63) is 41.7 Å². The summed E-state index contributed by atoms with van der Waals surface area (Å²) in [5, 5.41) is 2.97. The van der Waals surface area contributed by atoms with Crippen molar-refractivity contribution >= 4 is 52.7 Å². The molecule has 1 fully saturated rings. The molecule has 0 spiro atoms. The molecule has 0 radical (unpaired) electrons. The molecule has 3 rings (SSSR count). The fourth-order valence-corrected chi connectivity index (χ4v) is 2.69. The highest BCUT2D eigenvalue weighted by Gasteiger charge is 2.29. The Bertz CT molecular complexity index is 798. The maximum atomic E-state index is 11.9. The van der Waals surface area contributed by atoms with Gasteiger partial charge in [0.15, 0.2) is 5.82 Å². The van der Waals surface area contributed by atoms with Crippen molar-refractivity contribution < 1.29 is 14.3 Å². The fourth-order valence-electron chi connectivity index (χ4n) is 2.44. The highest BCUT2D eigenvalue weighted by Crippen LogP contribution is 2.36. The van der Waals surface area contributed by atoms with Crippen molar-refractivity contribution in [3.63, 3.8) is 0 Å². The van der Waals surface area contributed by atoms with E-state index in [1.165, 1.54) is 0 Å². The third-order valence-electron chi connectivity index (χ3n) is 3.80. The summed E-state index contributed by atoms with van der Waals surface area (Å²) in [6.45, 7) is 2.77. The Morgan fingerprint density at radius 2 is 1.86 bits per heavy atom. The lowest BCUT2D eigenvalue weighted by molar-refractivity contribution is 0.0520. The van der Waals surface area contributed by atoms with Gasteiger partial charge in [-0.15, -0.1) is 0 Å².